The molecule has 4 nitrogen and oxygen atoms in total. The van der Waals surface area contributed by atoms with E-state index < -0.39 is 0 Å². The lowest BCUT2D eigenvalue weighted by Crippen LogP contribution is -2.58. The second-order valence-corrected chi connectivity index (χ2v) is 7.26. The van der Waals surface area contributed by atoms with E-state index in [0.717, 1.165) is 32.2 Å². The lowest BCUT2D eigenvalue weighted by atomic mass is 9.59. The van der Waals surface area contributed by atoms with E-state index in [0.29, 0.717) is 18.4 Å². The Morgan fingerprint density at radius 2 is 1.95 bits per heavy atom. The Labute approximate surface area is 121 Å². The fourth-order valence-corrected chi connectivity index (χ4v) is 4.88. The van der Waals surface area contributed by atoms with E-state index in [1.54, 1.807) is 0 Å². The molecule has 2 heterocycles. The molecule has 2 saturated heterocycles. The first-order valence-corrected chi connectivity index (χ1v) is 8.06. The molecule has 4 heteroatoms. The number of piperidine rings is 2. The van der Waals surface area contributed by atoms with Gasteiger partial charge in [0.05, 0.1) is 0 Å². The van der Waals surface area contributed by atoms with Crippen LogP contribution < -0.4 is 5.32 Å². The molecule has 2 amide bonds. The molecule has 20 heavy (non-hydrogen) atoms. The molecule has 1 spiro atoms. The number of amides is 2. The van der Waals surface area contributed by atoms with Gasteiger partial charge in [-0.25, -0.2) is 0 Å². The molecule has 3 fully saturated rings. The van der Waals surface area contributed by atoms with Crippen molar-refractivity contribution in [2.24, 2.45) is 17.3 Å². The first-order valence-electron chi connectivity index (χ1n) is 8.06. The highest BCUT2D eigenvalue weighted by molar-refractivity contribution is 5.99. The van der Waals surface area contributed by atoms with Gasteiger partial charge in [0.25, 0.3) is 0 Å². The Balaban J connectivity index is 1.90. The van der Waals surface area contributed by atoms with Gasteiger partial charge in [-0.1, -0.05) is 12.8 Å². The predicted molar refractivity (Wildman–Crippen MR) is 77.0 cm³/mol. The number of rotatable bonds is 1. The normalized spacial score (nSPS) is 40.3. The Kier molecular flexibility index (Phi) is 3.61. The second kappa shape index (κ2) is 5.14. The van der Waals surface area contributed by atoms with E-state index >= 15 is 0 Å². The summed E-state index contributed by atoms with van der Waals surface area (Å²) >= 11 is 0. The molecule has 0 radical (unpaired) electrons. The molecule has 3 unspecified atom stereocenters. The third-order valence-corrected chi connectivity index (χ3v) is 6.01. The van der Waals surface area contributed by atoms with E-state index in [-0.39, 0.29) is 23.1 Å². The van der Waals surface area contributed by atoms with Crippen LogP contribution in [0.3, 0.4) is 0 Å². The Bertz CT molecular complexity index is 417. The van der Waals surface area contributed by atoms with E-state index in [9.17, 15) is 9.59 Å². The number of hydrogen-bond donors (Lipinski definition) is 1. The highest BCUT2D eigenvalue weighted by Crippen LogP contribution is 2.51. The summed E-state index contributed by atoms with van der Waals surface area (Å²) in [5.41, 5.74) is -0.0691. The van der Waals surface area contributed by atoms with Crippen molar-refractivity contribution in [2.45, 2.75) is 57.9 Å². The van der Waals surface area contributed by atoms with Gasteiger partial charge in [-0.15, -0.1) is 0 Å². The van der Waals surface area contributed by atoms with Gasteiger partial charge in [0.2, 0.25) is 11.8 Å². The number of carbonyl (C=O) groups excluding carboxylic acids is 2. The summed E-state index contributed by atoms with van der Waals surface area (Å²) in [5, 5.41) is 2.61. The van der Waals surface area contributed by atoms with Gasteiger partial charge in [0.1, 0.15) is 0 Å². The van der Waals surface area contributed by atoms with Gasteiger partial charge in [0.15, 0.2) is 0 Å². The molecule has 1 aliphatic carbocycles. The van der Waals surface area contributed by atoms with Crippen molar-refractivity contribution in [1.82, 2.24) is 10.2 Å². The zero-order valence-corrected chi connectivity index (χ0v) is 12.7. The number of likely N-dealkylation sites (tertiary alicyclic amines) is 1. The number of nitrogens with zero attached hydrogens (tertiary/aromatic N) is 1. The minimum absolute atomic E-state index is 0.0184. The summed E-state index contributed by atoms with van der Waals surface area (Å²) in [6.45, 7) is 3.23. The van der Waals surface area contributed by atoms with Crippen molar-refractivity contribution >= 4 is 11.8 Å². The van der Waals surface area contributed by atoms with E-state index in [4.69, 9.17) is 0 Å². The molecule has 112 valence electrons. The third-order valence-electron chi connectivity index (χ3n) is 6.01. The van der Waals surface area contributed by atoms with Crippen LogP contribution in [0.1, 0.15) is 51.9 Å². The zero-order chi connectivity index (χ0) is 14.3. The van der Waals surface area contributed by atoms with E-state index in [1.165, 1.54) is 12.8 Å². The molecule has 3 rings (SSSR count). The average Bonchev–Trinajstić information content (AvgIpc) is 2.87. The van der Waals surface area contributed by atoms with Crippen LogP contribution in [0.5, 0.6) is 0 Å². The van der Waals surface area contributed by atoms with Crippen LogP contribution in [-0.4, -0.2) is 36.3 Å². The van der Waals surface area contributed by atoms with Crippen molar-refractivity contribution in [3.63, 3.8) is 0 Å². The van der Waals surface area contributed by atoms with Gasteiger partial charge >= 0.3 is 0 Å². The summed E-state index contributed by atoms with van der Waals surface area (Å²) in [4.78, 5) is 26.8. The molecular formula is C16H26N2O2. The van der Waals surface area contributed by atoms with Crippen LogP contribution in [0.2, 0.25) is 0 Å². The summed E-state index contributed by atoms with van der Waals surface area (Å²) in [5.74, 6) is 0.531. The van der Waals surface area contributed by atoms with Gasteiger partial charge in [-0.3, -0.25) is 14.9 Å². The van der Waals surface area contributed by atoms with Crippen molar-refractivity contribution in [3.8, 4) is 0 Å². The summed E-state index contributed by atoms with van der Waals surface area (Å²) in [7, 11) is 2.15. The Hall–Kier alpha value is -0.900. The van der Waals surface area contributed by atoms with Gasteiger partial charge in [-0.2, -0.15) is 0 Å². The topological polar surface area (TPSA) is 49.4 Å². The van der Waals surface area contributed by atoms with Crippen LogP contribution in [-0.2, 0) is 9.59 Å². The van der Waals surface area contributed by atoms with Gasteiger partial charge in [-0.05, 0) is 57.5 Å². The maximum Gasteiger partial charge on any atom is 0.230 e. The van der Waals surface area contributed by atoms with Crippen LogP contribution in [0, 0.1) is 17.3 Å². The van der Waals surface area contributed by atoms with Crippen molar-refractivity contribution in [1.29, 1.82) is 0 Å². The number of nitrogens with one attached hydrogen (secondary N) is 1. The maximum atomic E-state index is 12.5. The lowest BCUT2D eigenvalue weighted by Gasteiger charge is -2.51. The highest BCUT2D eigenvalue weighted by atomic mass is 16.2. The molecule has 2 aliphatic heterocycles. The van der Waals surface area contributed by atoms with E-state index in [1.807, 2.05) is 0 Å². The molecule has 0 aromatic heterocycles. The molecule has 1 saturated carbocycles. The number of hydrogen-bond acceptors (Lipinski definition) is 3. The fraction of sp³-hybridized carbons (Fsp3) is 0.875. The molecule has 0 bridgehead atoms. The first-order chi connectivity index (χ1) is 9.52. The predicted octanol–water partition coefficient (Wildman–Crippen LogP) is 1.94. The summed E-state index contributed by atoms with van der Waals surface area (Å²) in [6.07, 6.45) is 7.36. The minimum atomic E-state index is -0.0691. The highest BCUT2D eigenvalue weighted by Gasteiger charge is 2.53. The second-order valence-electron chi connectivity index (χ2n) is 7.26. The largest absolute Gasteiger partial charge is 0.304 e. The summed E-state index contributed by atoms with van der Waals surface area (Å²) < 4.78 is 0. The standard InChI is InChI=1S/C16H26N2O2/c1-11-9-16(7-8-18(11)2)10-13(19)17-15(20)14(16)12-5-3-4-6-12/h11-12,14H,3-10H2,1-2H3,(H,17,19,20). The number of imide groups is 1. The van der Waals surface area contributed by atoms with Crippen LogP contribution in [0.25, 0.3) is 0 Å². The van der Waals surface area contributed by atoms with Crippen molar-refractivity contribution in [3.05, 3.63) is 0 Å². The molecule has 3 atom stereocenters. The zero-order valence-electron chi connectivity index (χ0n) is 12.7. The van der Waals surface area contributed by atoms with Gasteiger partial charge in [0, 0.05) is 18.4 Å². The smallest absolute Gasteiger partial charge is 0.230 e. The monoisotopic (exact) mass is 278 g/mol. The Morgan fingerprint density at radius 1 is 1.25 bits per heavy atom. The first kappa shape index (κ1) is 14.1. The van der Waals surface area contributed by atoms with Crippen molar-refractivity contribution in [2.75, 3.05) is 13.6 Å². The number of carbonyl (C=O) groups is 2. The SMILES string of the molecule is CC1CC2(CCN1C)CC(=O)NC(=O)C2C1CCCC1. The maximum absolute atomic E-state index is 12.5. The summed E-state index contributed by atoms with van der Waals surface area (Å²) in [6, 6.07) is 0.464. The van der Waals surface area contributed by atoms with E-state index in [2.05, 4.69) is 24.2 Å². The van der Waals surface area contributed by atoms with Crippen LogP contribution in [0.4, 0.5) is 0 Å². The van der Waals surface area contributed by atoms with Crippen LogP contribution >= 0.6 is 0 Å². The van der Waals surface area contributed by atoms with Crippen LogP contribution in [0.15, 0.2) is 0 Å². The molecular weight excluding hydrogens is 252 g/mol. The minimum Gasteiger partial charge on any atom is -0.304 e. The fourth-order valence-electron chi connectivity index (χ4n) is 4.88. The molecule has 1 N–H and O–H groups in total. The third kappa shape index (κ3) is 2.28. The molecule has 0 aromatic rings. The quantitative estimate of drug-likeness (QED) is 0.746. The molecule has 0 aromatic carbocycles. The van der Waals surface area contributed by atoms with Crippen molar-refractivity contribution < 1.29 is 9.59 Å². The van der Waals surface area contributed by atoms with Gasteiger partial charge < -0.3 is 4.90 Å². The Morgan fingerprint density at radius 3 is 2.60 bits per heavy atom. The lowest BCUT2D eigenvalue weighted by molar-refractivity contribution is -0.150. The molecule has 3 aliphatic rings. The average molecular weight is 278 g/mol.